The summed E-state index contributed by atoms with van der Waals surface area (Å²) in [6.45, 7) is 2.92. The minimum atomic E-state index is 0.185. The minimum Gasteiger partial charge on any atom is -0.489 e. The van der Waals surface area contributed by atoms with Crippen LogP contribution < -0.4 is 10.1 Å². The lowest BCUT2D eigenvalue weighted by molar-refractivity contribution is 0.220. The van der Waals surface area contributed by atoms with Gasteiger partial charge in [-0.25, -0.2) is 0 Å². The molecular weight excluding hydrogens is 234 g/mol. The van der Waals surface area contributed by atoms with Gasteiger partial charge in [0.15, 0.2) is 0 Å². The van der Waals surface area contributed by atoms with E-state index < -0.39 is 0 Å². The molecular formula is C17H21NO. The van der Waals surface area contributed by atoms with E-state index in [-0.39, 0.29) is 6.10 Å². The van der Waals surface area contributed by atoms with Crippen LogP contribution in [0.1, 0.15) is 18.1 Å². The fourth-order valence-electron chi connectivity index (χ4n) is 2.08. The first-order valence-electron chi connectivity index (χ1n) is 6.72. The zero-order valence-corrected chi connectivity index (χ0v) is 11.6. The summed E-state index contributed by atoms with van der Waals surface area (Å²) in [6, 6.07) is 18.9. The van der Waals surface area contributed by atoms with Crippen molar-refractivity contribution in [3.05, 3.63) is 65.7 Å². The van der Waals surface area contributed by atoms with Gasteiger partial charge in [-0.3, -0.25) is 0 Å². The van der Waals surface area contributed by atoms with E-state index in [1.54, 1.807) is 0 Å². The van der Waals surface area contributed by atoms with E-state index in [9.17, 15) is 0 Å². The summed E-state index contributed by atoms with van der Waals surface area (Å²) in [7, 11) is 1.93. The Morgan fingerprint density at radius 1 is 0.947 bits per heavy atom. The summed E-state index contributed by atoms with van der Waals surface area (Å²) in [5.74, 6) is 0.930. The van der Waals surface area contributed by atoms with Crippen molar-refractivity contribution in [3.63, 3.8) is 0 Å². The summed E-state index contributed by atoms with van der Waals surface area (Å²) in [5.41, 5.74) is 2.64. The highest BCUT2D eigenvalue weighted by Gasteiger charge is 2.02. The third-order valence-corrected chi connectivity index (χ3v) is 3.00. The molecule has 0 aliphatic rings. The number of rotatable bonds is 6. The number of likely N-dealkylation sites (N-methyl/N-ethyl adjacent to an activating group) is 1. The SMILES string of the molecule is CNCC(C)Oc1ccc(Cc2ccccc2)cc1. The van der Waals surface area contributed by atoms with Crippen LogP contribution in [-0.4, -0.2) is 19.7 Å². The van der Waals surface area contributed by atoms with E-state index >= 15 is 0 Å². The predicted octanol–water partition coefficient (Wildman–Crippen LogP) is 3.26. The Balaban J connectivity index is 1.95. The maximum atomic E-state index is 5.80. The molecule has 0 bridgehead atoms. The minimum absolute atomic E-state index is 0.185. The highest BCUT2D eigenvalue weighted by molar-refractivity contribution is 5.31. The first-order valence-corrected chi connectivity index (χ1v) is 6.72. The molecule has 0 spiro atoms. The molecule has 1 atom stereocenters. The topological polar surface area (TPSA) is 21.3 Å². The highest BCUT2D eigenvalue weighted by Crippen LogP contribution is 2.16. The molecule has 100 valence electrons. The first-order chi connectivity index (χ1) is 9.28. The maximum absolute atomic E-state index is 5.80. The van der Waals surface area contributed by atoms with Crippen molar-refractivity contribution in [2.45, 2.75) is 19.4 Å². The van der Waals surface area contributed by atoms with Crippen LogP contribution in [0, 0.1) is 0 Å². The smallest absolute Gasteiger partial charge is 0.119 e. The largest absolute Gasteiger partial charge is 0.489 e. The van der Waals surface area contributed by atoms with Gasteiger partial charge in [0, 0.05) is 6.54 Å². The van der Waals surface area contributed by atoms with Crippen LogP contribution in [-0.2, 0) is 6.42 Å². The van der Waals surface area contributed by atoms with Gasteiger partial charge in [-0.15, -0.1) is 0 Å². The van der Waals surface area contributed by atoms with E-state index in [1.807, 2.05) is 25.2 Å². The molecule has 0 aliphatic heterocycles. The van der Waals surface area contributed by atoms with Crippen LogP contribution in [0.25, 0.3) is 0 Å². The van der Waals surface area contributed by atoms with Crippen molar-refractivity contribution >= 4 is 0 Å². The van der Waals surface area contributed by atoms with Gasteiger partial charge in [0.25, 0.3) is 0 Å². The van der Waals surface area contributed by atoms with Crippen LogP contribution in [0.3, 0.4) is 0 Å². The highest BCUT2D eigenvalue weighted by atomic mass is 16.5. The molecule has 0 heterocycles. The standard InChI is InChI=1S/C17H21NO/c1-14(13-18-2)19-17-10-8-16(9-11-17)12-15-6-4-3-5-7-15/h3-11,14,18H,12-13H2,1-2H3. The van der Waals surface area contributed by atoms with Gasteiger partial charge >= 0.3 is 0 Å². The van der Waals surface area contributed by atoms with Crippen molar-refractivity contribution in [2.24, 2.45) is 0 Å². The Morgan fingerprint density at radius 3 is 2.21 bits per heavy atom. The average Bonchev–Trinajstić information content (AvgIpc) is 2.42. The zero-order chi connectivity index (χ0) is 13.5. The van der Waals surface area contributed by atoms with E-state index in [2.05, 4.69) is 48.6 Å². The Morgan fingerprint density at radius 2 is 1.58 bits per heavy atom. The van der Waals surface area contributed by atoms with E-state index in [4.69, 9.17) is 4.74 Å². The van der Waals surface area contributed by atoms with Crippen molar-refractivity contribution in [2.75, 3.05) is 13.6 Å². The van der Waals surface area contributed by atoms with E-state index in [0.717, 1.165) is 18.7 Å². The van der Waals surface area contributed by atoms with Gasteiger partial charge in [-0.1, -0.05) is 42.5 Å². The molecule has 0 saturated heterocycles. The fourth-order valence-corrected chi connectivity index (χ4v) is 2.08. The molecule has 0 aromatic heterocycles. The van der Waals surface area contributed by atoms with Crippen LogP contribution in [0.15, 0.2) is 54.6 Å². The second-order valence-corrected chi connectivity index (χ2v) is 4.79. The van der Waals surface area contributed by atoms with E-state index in [0.29, 0.717) is 0 Å². The molecule has 0 amide bonds. The summed E-state index contributed by atoms with van der Waals surface area (Å²) in [6.07, 6.45) is 1.15. The quantitative estimate of drug-likeness (QED) is 0.855. The van der Waals surface area contributed by atoms with Crippen molar-refractivity contribution in [1.29, 1.82) is 0 Å². The Bertz CT molecular complexity index is 478. The van der Waals surface area contributed by atoms with Crippen molar-refractivity contribution in [3.8, 4) is 5.75 Å². The average molecular weight is 255 g/mol. The molecule has 2 aromatic carbocycles. The number of hydrogen-bond acceptors (Lipinski definition) is 2. The summed E-state index contributed by atoms with van der Waals surface area (Å²) in [5, 5.41) is 3.11. The second kappa shape index (κ2) is 6.95. The Kier molecular flexibility index (Phi) is 4.99. The van der Waals surface area contributed by atoms with Crippen LogP contribution in [0.5, 0.6) is 5.75 Å². The molecule has 0 aliphatic carbocycles. The number of nitrogens with one attached hydrogen (secondary N) is 1. The normalized spacial score (nSPS) is 12.1. The van der Waals surface area contributed by atoms with Crippen LogP contribution in [0.4, 0.5) is 0 Å². The van der Waals surface area contributed by atoms with Gasteiger partial charge < -0.3 is 10.1 Å². The van der Waals surface area contributed by atoms with E-state index in [1.165, 1.54) is 11.1 Å². The second-order valence-electron chi connectivity index (χ2n) is 4.79. The van der Waals surface area contributed by atoms with Gasteiger partial charge in [0.05, 0.1) is 0 Å². The fraction of sp³-hybridized carbons (Fsp3) is 0.294. The number of hydrogen-bond donors (Lipinski definition) is 1. The Hall–Kier alpha value is -1.80. The molecule has 19 heavy (non-hydrogen) atoms. The third-order valence-electron chi connectivity index (χ3n) is 3.00. The first kappa shape index (κ1) is 13.6. The molecule has 1 N–H and O–H groups in total. The lowest BCUT2D eigenvalue weighted by Gasteiger charge is -2.14. The molecule has 2 aromatic rings. The number of ether oxygens (including phenoxy) is 1. The zero-order valence-electron chi connectivity index (χ0n) is 11.6. The lowest BCUT2D eigenvalue weighted by Crippen LogP contribution is -2.25. The Labute approximate surface area is 115 Å². The number of benzene rings is 2. The van der Waals surface area contributed by atoms with Gasteiger partial charge in [0.2, 0.25) is 0 Å². The molecule has 0 radical (unpaired) electrons. The van der Waals surface area contributed by atoms with Crippen LogP contribution in [0.2, 0.25) is 0 Å². The molecule has 0 fully saturated rings. The van der Waals surface area contributed by atoms with Gasteiger partial charge in [-0.05, 0) is 43.7 Å². The molecule has 0 saturated carbocycles. The molecule has 2 heteroatoms. The monoisotopic (exact) mass is 255 g/mol. The van der Waals surface area contributed by atoms with Crippen LogP contribution >= 0.6 is 0 Å². The molecule has 2 nitrogen and oxygen atoms in total. The molecule has 2 rings (SSSR count). The lowest BCUT2D eigenvalue weighted by atomic mass is 10.1. The molecule has 1 unspecified atom stereocenters. The van der Waals surface area contributed by atoms with Crippen molar-refractivity contribution in [1.82, 2.24) is 5.32 Å². The predicted molar refractivity (Wildman–Crippen MR) is 79.7 cm³/mol. The van der Waals surface area contributed by atoms with Gasteiger partial charge in [-0.2, -0.15) is 0 Å². The van der Waals surface area contributed by atoms with Gasteiger partial charge in [0.1, 0.15) is 11.9 Å². The third kappa shape index (κ3) is 4.42. The summed E-state index contributed by atoms with van der Waals surface area (Å²) in [4.78, 5) is 0. The summed E-state index contributed by atoms with van der Waals surface area (Å²) < 4.78 is 5.80. The maximum Gasteiger partial charge on any atom is 0.119 e. The summed E-state index contributed by atoms with van der Waals surface area (Å²) >= 11 is 0. The van der Waals surface area contributed by atoms with Crippen molar-refractivity contribution < 1.29 is 4.74 Å².